The Morgan fingerprint density at radius 3 is 2.56 bits per heavy atom. The maximum absolute atomic E-state index is 11.9. The van der Waals surface area contributed by atoms with Gasteiger partial charge in [-0.3, -0.25) is 9.79 Å². The van der Waals surface area contributed by atoms with Gasteiger partial charge in [0, 0.05) is 24.7 Å². The van der Waals surface area contributed by atoms with Crippen molar-refractivity contribution < 1.29 is 9.53 Å². The van der Waals surface area contributed by atoms with E-state index in [2.05, 4.69) is 33.9 Å². The summed E-state index contributed by atoms with van der Waals surface area (Å²) in [6.45, 7) is 11.4. The zero-order chi connectivity index (χ0) is 18.9. The Balaban J connectivity index is 2.59. The third-order valence-electron chi connectivity index (χ3n) is 3.29. The zero-order valence-corrected chi connectivity index (χ0v) is 16.3. The Bertz CT molecular complexity index is 592. The summed E-state index contributed by atoms with van der Waals surface area (Å²) >= 11 is 0. The van der Waals surface area contributed by atoms with E-state index in [4.69, 9.17) is 4.74 Å². The highest BCUT2D eigenvalue weighted by Gasteiger charge is 2.13. The third-order valence-corrected chi connectivity index (χ3v) is 3.29. The first-order valence-electron chi connectivity index (χ1n) is 8.73. The summed E-state index contributed by atoms with van der Waals surface area (Å²) in [4.78, 5) is 16.0. The van der Waals surface area contributed by atoms with Gasteiger partial charge in [-0.25, -0.2) is 0 Å². The van der Waals surface area contributed by atoms with Gasteiger partial charge < -0.3 is 20.7 Å². The molecular formula is C19H32N4O2. The van der Waals surface area contributed by atoms with Gasteiger partial charge in [-0.05, 0) is 45.7 Å². The Morgan fingerprint density at radius 1 is 1.24 bits per heavy atom. The highest BCUT2D eigenvalue weighted by atomic mass is 16.5. The average Bonchev–Trinajstić information content (AvgIpc) is 2.52. The average molecular weight is 348 g/mol. The van der Waals surface area contributed by atoms with E-state index in [1.807, 2.05) is 39.8 Å². The molecule has 1 rings (SSSR count). The van der Waals surface area contributed by atoms with Gasteiger partial charge in [0.05, 0.1) is 13.2 Å². The summed E-state index contributed by atoms with van der Waals surface area (Å²) in [5.41, 5.74) is 1.97. The number of aliphatic imine (C=N–C) groups is 1. The molecule has 0 aromatic heterocycles. The van der Waals surface area contributed by atoms with Gasteiger partial charge in [0.15, 0.2) is 5.96 Å². The summed E-state index contributed by atoms with van der Waals surface area (Å²) in [5, 5.41) is 9.15. The summed E-state index contributed by atoms with van der Waals surface area (Å²) in [5.74, 6) is 1.39. The second-order valence-electron chi connectivity index (χ2n) is 7.04. The van der Waals surface area contributed by atoms with E-state index in [1.54, 1.807) is 7.05 Å². The first-order chi connectivity index (χ1) is 11.7. The Labute approximate surface area is 151 Å². The standard InChI is InChI=1S/C19H32N4O2/c1-7-10-25-16-11-14(2)8-9-15(16)12-21-18(20-6)22-13-17(24)23-19(3,4)5/h8-9,11H,7,10,12-13H2,1-6H3,(H,23,24)(H2,20,21,22). The molecule has 6 heteroatoms. The summed E-state index contributed by atoms with van der Waals surface area (Å²) in [6.07, 6.45) is 0.965. The van der Waals surface area contributed by atoms with Crippen molar-refractivity contribution in [2.75, 3.05) is 20.2 Å². The van der Waals surface area contributed by atoms with Gasteiger partial charge in [0.25, 0.3) is 0 Å². The van der Waals surface area contributed by atoms with Gasteiger partial charge >= 0.3 is 0 Å². The molecule has 0 fully saturated rings. The second kappa shape index (κ2) is 9.91. The van der Waals surface area contributed by atoms with Crippen LogP contribution in [-0.2, 0) is 11.3 Å². The van der Waals surface area contributed by atoms with Crippen molar-refractivity contribution in [1.29, 1.82) is 0 Å². The van der Waals surface area contributed by atoms with E-state index in [9.17, 15) is 4.79 Å². The van der Waals surface area contributed by atoms with Crippen LogP contribution in [0.2, 0.25) is 0 Å². The van der Waals surface area contributed by atoms with Gasteiger partial charge in [-0.2, -0.15) is 0 Å². The number of aryl methyl sites for hydroxylation is 1. The van der Waals surface area contributed by atoms with Crippen LogP contribution in [0.5, 0.6) is 5.75 Å². The van der Waals surface area contributed by atoms with Crippen molar-refractivity contribution in [3.8, 4) is 5.75 Å². The van der Waals surface area contributed by atoms with E-state index < -0.39 is 0 Å². The van der Waals surface area contributed by atoms with E-state index in [-0.39, 0.29) is 18.0 Å². The van der Waals surface area contributed by atoms with Gasteiger partial charge in [0.1, 0.15) is 5.75 Å². The van der Waals surface area contributed by atoms with Crippen LogP contribution in [0.15, 0.2) is 23.2 Å². The molecule has 0 saturated carbocycles. The van der Waals surface area contributed by atoms with Crippen molar-refractivity contribution in [3.05, 3.63) is 29.3 Å². The number of amides is 1. The third kappa shape index (κ3) is 8.42. The molecule has 1 amide bonds. The molecule has 140 valence electrons. The zero-order valence-electron chi connectivity index (χ0n) is 16.3. The molecule has 25 heavy (non-hydrogen) atoms. The monoisotopic (exact) mass is 348 g/mol. The van der Waals surface area contributed by atoms with Crippen LogP contribution in [0.1, 0.15) is 45.2 Å². The molecule has 0 aliphatic carbocycles. The molecule has 6 nitrogen and oxygen atoms in total. The van der Waals surface area contributed by atoms with Crippen molar-refractivity contribution in [1.82, 2.24) is 16.0 Å². The number of hydrogen-bond donors (Lipinski definition) is 3. The number of hydrogen-bond acceptors (Lipinski definition) is 3. The molecule has 0 unspecified atom stereocenters. The molecule has 0 spiro atoms. The number of ether oxygens (including phenoxy) is 1. The van der Waals surface area contributed by atoms with Crippen LogP contribution in [-0.4, -0.2) is 37.6 Å². The number of carbonyl (C=O) groups is 1. The van der Waals surface area contributed by atoms with Crippen molar-refractivity contribution in [3.63, 3.8) is 0 Å². The minimum absolute atomic E-state index is 0.0715. The quantitative estimate of drug-likeness (QED) is 0.522. The highest BCUT2D eigenvalue weighted by Crippen LogP contribution is 2.20. The van der Waals surface area contributed by atoms with Gasteiger partial charge in [-0.15, -0.1) is 0 Å². The van der Waals surface area contributed by atoms with Crippen molar-refractivity contribution in [2.24, 2.45) is 4.99 Å². The second-order valence-corrected chi connectivity index (χ2v) is 7.04. The number of rotatable bonds is 7. The predicted molar refractivity (Wildman–Crippen MR) is 103 cm³/mol. The fourth-order valence-corrected chi connectivity index (χ4v) is 2.18. The summed E-state index contributed by atoms with van der Waals surface area (Å²) < 4.78 is 5.82. The van der Waals surface area contributed by atoms with E-state index in [1.165, 1.54) is 0 Å². The molecule has 0 aliphatic heterocycles. The van der Waals surface area contributed by atoms with E-state index in [0.717, 1.165) is 23.3 Å². The molecule has 0 atom stereocenters. The summed E-state index contributed by atoms with van der Waals surface area (Å²) in [6, 6.07) is 6.15. The smallest absolute Gasteiger partial charge is 0.239 e. The molecule has 0 radical (unpaired) electrons. The Hall–Kier alpha value is -2.24. The predicted octanol–water partition coefficient (Wildman–Crippen LogP) is 2.36. The molecule has 0 heterocycles. The minimum Gasteiger partial charge on any atom is -0.493 e. The lowest BCUT2D eigenvalue weighted by atomic mass is 10.1. The lowest BCUT2D eigenvalue weighted by molar-refractivity contribution is -0.121. The fraction of sp³-hybridized carbons (Fsp3) is 0.579. The summed E-state index contributed by atoms with van der Waals surface area (Å²) in [7, 11) is 1.68. The first-order valence-corrected chi connectivity index (χ1v) is 8.73. The van der Waals surface area contributed by atoms with Crippen LogP contribution in [0.25, 0.3) is 0 Å². The van der Waals surface area contributed by atoms with Crippen LogP contribution >= 0.6 is 0 Å². The number of benzene rings is 1. The number of nitrogens with one attached hydrogen (secondary N) is 3. The topological polar surface area (TPSA) is 74.8 Å². The van der Waals surface area contributed by atoms with E-state index >= 15 is 0 Å². The maximum Gasteiger partial charge on any atom is 0.239 e. The molecule has 1 aromatic rings. The van der Waals surface area contributed by atoms with Gasteiger partial charge in [0.2, 0.25) is 5.91 Å². The SMILES string of the molecule is CCCOc1cc(C)ccc1CNC(=NC)NCC(=O)NC(C)(C)C. The lowest BCUT2D eigenvalue weighted by Crippen LogP contribution is -2.48. The molecule has 0 aliphatic rings. The molecule has 0 saturated heterocycles. The van der Waals surface area contributed by atoms with Crippen molar-refractivity contribution in [2.45, 2.75) is 53.1 Å². The Kier molecular flexibility index (Phi) is 8.25. The largest absolute Gasteiger partial charge is 0.493 e. The molecule has 0 bridgehead atoms. The number of guanidine groups is 1. The minimum atomic E-state index is -0.247. The lowest BCUT2D eigenvalue weighted by Gasteiger charge is -2.21. The highest BCUT2D eigenvalue weighted by molar-refractivity contribution is 5.86. The van der Waals surface area contributed by atoms with Crippen LogP contribution in [0.3, 0.4) is 0 Å². The molecule has 1 aromatic carbocycles. The molecular weight excluding hydrogens is 316 g/mol. The number of nitrogens with zero attached hydrogens (tertiary/aromatic N) is 1. The van der Waals surface area contributed by atoms with Crippen LogP contribution in [0, 0.1) is 6.92 Å². The Morgan fingerprint density at radius 2 is 1.96 bits per heavy atom. The maximum atomic E-state index is 11.9. The van der Waals surface area contributed by atoms with Gasteiger partial charge in [-0.1, -0.05) is 19.1 Å². The van der Waals surface area contributed by atoms with Crippen LogP contribution < -0.4 is 20.7 Å². The number of carbonyl (C=O) groups excluding carboxylic acids is 1. The molecule has 3 N–H and O–H groups in total. The first kappa shape index (κ1) is 20.8. The normalized spacial score (nSPS) is 11.8. The van der Waals surface area contributed by atoms with Crippen LogP contribution in [0.4, 0.5) is 0 Å². The fourth-order valence-electron chi connectivity index (χ4n) is 2.18. The van der Waals surface area contributed by atoms with E-state index in [0.29, 0.717) is 19.1 Å². The van der Waals surface area contributed by atoms with Crippen molar-refractivity contribution >= 4 is 11.9 Å².